The Bertz CT molecular complexity index is 2350. The molecule has 1 saturated heterocycles. The number of nitrogens with one attached hydrogen (secondary N) is 5. The number of piperidine rings is 1. The van der Waals surface area contributed by atoms with Crippen LogP contribution in [0.2, 0.25) is 0 Å². The van der Waals surface area contributed by atoms with E-state index in [1.807, 2.05) is 63.2 Å². The lowest BCUT2D eigenvalue weighted by molar-refractivity contribution is -0.136. The zero-order valence-corrected chi connectivity index (χ0v) is 35.6. The van der Waals surface area contributed by atoms with Crippen molar-refractivity contribution >= 4 is 66.4 Å². The average Bonchev–Trinajstić information content (AvgIpc) is 3.84. The maximum Gasteiger partial charge on any atom is 0.319 e. The number of carbonyl (C=O) groups excluding carboxylic acids is 7. The Hall–Kier alpha value is -6.33. The minimum absolute atomic E-state index is 0. The summed E-state index contributed by atoms with van der Waals surface area (Å²) in [6.07, 6.45) is 2.47. The van der Waals surface area contributed by atoms with Crippen molar-refractivity contribution in [2.45, 2.75) is 76.5 Å². The Labute approximate surface area is 360 Å². The van der Waals surface area contributed by atoms with Gasteiger partial charge < -0.3 is 25.8 Å². The Kier molecular flexibility index (Phi) is 13.4. The lowest BCUT2D eigenvalue weighted by Gasteiger charge is -2.34. The number of hydrogen-bond donors (Lipinski definition) is 5. The zero-order valence-electron chi connectivity index (χ0n) is 34.6. The first-order chi connectivity index (χ1) is 28.7. The number of aromatic nitrogens is 2. The van der Waals surface area contributed by atoms with Crippen LogP contribution in [0.15, 0.2) is 72.8 Å². The number of hydrogen-bond acceptors (Lipinski definition) is 10. The molecule has 1 fully saturated rings. The van der Waals surface area contributed by atoms with Crippen LogP contribution in [0.4, 0.5) is 16.3 Å². The molecule has 4 heterocycles. The number of aromatic amines is 1. The fourth-order valence-corrected chi connectivity index (χ4v) is 8.06. The highest BCUT2D eigenvalue weighted by Crippen LogP contribution is 2.41. The summed E-state index contributed by atoms with van der Waals surface area (Å²) in [5.41, 5.74) is 3.47. The van der Waals surface area contributed by atoms with E-state index in [1.54, 1.807) is 47.4 Å². The van der Waals surface area contributed by atoms with E-state index in [4.69, 9.17) is 0 Å². The number of nitrogens with zero attached hydrogens (tertiary/aromatic N) is 4. The molecule has 4 aromatic rings. The van der Waals surface area contributed by atoms with Crippen molar-refractivity contribution in [1.82, 2.24) is 35.5 Å². The van der Waals surface area contributed by atoms with Crippen LogP contribution in [0.1, 0.15) is 117 Å². The monoisotopic (exact) mass is 849 g/mol. The molecule has 2 atom stereocenters. The molecule has 1 unspecified atom stereocenters. The fourth-order valence-electron chi connectivity index (χ4n) is 8.06. The lowest BCUT2D eigenvalue weighted by Crippen LogP contribution is -2.54. The molecule has 0 bridgehead atoms. The molecule has 0 aliphatic carbocycles. The molecule has 3 aliphatic rings. The smallest absolute Gasteiger partial charge is 0.319 e. The SMILES string of the molecule is CN(C)C[C@@H](NC(=O)N1Cc2c(NC(=O)c3ccc(C(=O)CCCCCNc4cccc5c4C(=O)N(C4CCC(=O)NC4=O)C5=O)cc3)n[nH]c2C1(C)C)c1ccccc1.S. The third-order valence-electron chi connectivity index (χ3n) is 11.3. The third-order valence-corrected chi connectivity index (χ3v) is 11.3. The van der Waals surface area contributed by atoms with Crippen molar-refractivity contribution in [1.29, 1.82) is 0 Å². The van der Waals surface area contributed by atoms with E-state index in [2.05, 4.69) is 31.5 Å². The van der Waals surface area contributed by atoms with Gasteiger partial charge in [0.15, 0.2) is 11.6 Å². The van der Waals surface area contributed by atoms with Gasteiger partial charge in [-0.05, 0) is 77.0 Å². The van der Waals surface area contributed by atoms with Crippen LogP contribution in [0, 0.1) is 0 Å². The number of fused-ring (bicyclic) bond motifs is 2. The highest BCUT2D eigenvalue weighted by atomic mass is 32.1. The third kappa shape index (κ3) is 9.22. The second kappa shape index (κ2) is 18.5. The van der Waals surface area contributed by atoms with E-state index in [1.165, 1.54) is 0 Å². The number of imide groups is 2. The molecule has 16 nitrogen and oxygen atoms in total. The topological polar surface area (TPSA) is 206 Å². The van der Waals surface area contributed by atoms with Crippen molar-refractivity contribution in [2.75, 3.05) is 37.8 Å². The minimum Gasteiger partial charge on any atom is -0.384 e. The van der Waals surface area contributed by atoms with Crippen molar-refractivity contribution in [3.63, 3.8) is 0 Å². The Balaban J connectivity index is 0.00000622. The average molecular weight is 850 g/mol. The fraction of sp³-hybridized carbons (Fsp3) is 0.364. The molecular formula is C44H51N9O7S. The van der Waals surface area contributed by atoms with E-state index in [9.17, 15) is 33.6 Å². The summed E-state index contributed by atoms with van der Waals surface area (Å²) in [5, 5.41) is 18.9. The van der Waals surface area contributed by atoms with Crippen molar-refractivity contribution in [2.24, 2.45) is 0 Å². The summed E-state index contributed by atoms with van der Waals surface area (Å²) >= 11 is 0. The summed E-state index contributed by atoms with van der Waals surface area (Å²) < 4.78 is 0. The molecule has 0 spiro atoms. The van der Waals surface area contributed by atoms with Crippen LogP contribution < -0.4 is 21.3 Å². The predicted octanol–water partition coefficient (Wildman–Crippen LogP) is 5.09. The molecule has 320 valence electrons. The maximum atomic E-state index is 13.7. The number of rotatable bonds is 15. The molecule has 0 radical (unpaired) electrons. The van der Waals surface area contributed by atoms with E-state index < -0.39 is 41.1 Å². The molecule has 7 rings (SSSR count). The normalized spacial score (nSPS) is 17.0. The summed E-state index contributed by atoms with van der Waals surface area (Å²) in [7, 11) is 3.92. The van der Waals surface area contributed by atoms with E-state index in [-0.39, 0.29) is 61.9 Å². The van der Waals surface area contributed by atoms with Gasteiger partial charge in [-0.1, -0.05) is 55.0 Å². The van der Waals surface area contributed by atoms with Gasteiger partial charge in [-0.25, -0.2) is 4.79 Å². The Morgan fingerprint density at radius 3 is 2.33 bits per heavy atom. The van der Waals surface area contributed by atoms with E-state index in [0.717, 1.165) is 28.1 Å². The van der Waals surface area contributed by atoms with E-state index in [0.29, 0.717) is 55.0 Å². The maximum absolute atomic E-state index is 13.7. The first-order valence-electron chi connectivity index (χ1n) is 20.1. The van der Waals surface area contributed by atoms with Crippen molar-refractivity contribution < 1.29 is 33.6 Å². The number of ketones is 1. The van der Waals surface area contributed by atoms with Gasteiger partial charge in [0.05, 0.1) is 34.9 Å². The number of anilines is 2. The van der Waals surface area contributed by atoms with E-state index >= 15 is 0 Å². The second-order valence-electron chi connectivity index (χ2n) is 16.1. The van der Waals surface area contributed by atoms with Gasteiger partial charge >= 0.3 is 6.03 Å². The van der Waals surface area contributed by atoms with Crippen molar-refractivity contribution in [3.8, 4) is 0 Å². The summed E-state index contributed by atoms with van der Waals surface area (Å²) in [6, 6.07) is 19.7. The van der Waals surface area contributed by atoms with Crippen LogP contribution >= 0.6 is 13.5 Å². The van der Waals surface area contributed by atoms with Gasteiger partial charge in [0, 0.05) is 48.3 Å². The van der Waals surface area contributed by atoms with Crippen LogP contribution in [-0.2, 0) is 21.7 Å². The molecule has 1 aromatic heterocycles. The predicted molar refractivity (Wildman–Crippen MR) is 233 cm³/mol. The lowest BCUT2D eigenvalue weighted by atomic mass is 10.0. The molecule has 61 heavy (non-hydrogen) atoms. The van der Waals surface area contributed by atoms with Gasteiger partial charge in [0.1, 0.15) is 6.04 Å². The van der Waals surface area contributed by atoms with Gasteiger partial charge in [-0.2, -0.15) is 18.6 Å². The van der Waals surface area contributed by atoms with Crippen LogP contribution in [-0.4, -0.2) is 99.5 Å². The van der Waals surface area contributed by atoms with Gasteiger partial charge in [-0.3, -0.25) is 44.1 Å². The molecule has 5 N–H and O–H groups in total. The Morgan fingerprint density at radius 2 is 1.62 bits per heavy atom. The molecule has 7 amide bonds. The summed E-state index contributed by atoms with van der Waals surface area (Å²) in [6.45, 7) is 5.21. The first kappa shape index (κ1) is 44.2. The quantitative estimate of drug-likeness (QED) is 0.0609. The highest BCUT2D eigenvalue weighted by Gasteiger charge is 2.46. The number of Topliss-reactive ketones (excluding diaryl/α,β-unsaturated/α-hetero) is 1. The first-order valence-corrected chi connectivity index (χ1v) is 20.1. The van der Waals surface area contributed by atoms with Crippen LogP contribution in [0.3, 0.4) is 0 Å². The highest BCUT2D eigenvalue weighted by molar-refractivity contribution is 7.59. The second-order valence-corrected chi connectivity index (χ2v) is 16.1. The minimum atomic E-state index is -1.04. The molecule has 17 heteroatoms. The number of amides is 7. The van der Waals surface area contributed by atoms with Gasteiger partial charge in [-0.15, -0.1) is 0 Å². The number of unbranched alkanes of at least 4 members (excludes halogenated alkanes) is 2. The molecule has 0 saturated carbocycles. The summed E-state index contributed by atoms with van der Waals surface area (Å²) in [4.78, 5) is 95.2. The number of likely N-dealkylation sites (N-methyl/N-ethyl adjacent to an activating group) is 1. The van der Waals surface area contributed by atoms with Crippen molar-refractivity contribution in [3.05, 3.63) is 112 Å². The van der Waals surface area contributed by atoms with Gasteiger partial charge in [0.2, 0.25) is 11.8 Å². The number of urea groups is 1. The summed E-state index contributed by atoms with van der Waals surface area (Å²) in [5.74, 6) is -2.34. The van der Waals surface area contributed by atoms with Crippen LogP contribution in [0.25, 0.3) is 0 Å². The molecule has 3 aliphatic heterocycles. The number of benzene rings is 3. The number of H-pyrrole nitrogens is 1. The largest absolute Gasteiger partial charge is 0.384 e. The Morgan fingerprint density at radius 1 is 0.902 bits per heavy atom. The zero-order chi connectivity index (χ0) is 42.7. The van der Waals surface area contributed by atoms with Crippen LogP contribution in [0.5, 0.6) is 0 Å². The number of carbonyl (C=O) groups is 7. The molecular weight excluding hydrogens is 799 g/mol. The molecule has 3 aromatic carbocycles. The standard InChI is InChI=1S/C44H49N9O7.H2S/c1-44(2)37-30(24-52(44)43(60)46-32(25-51(3)4)26-12-7-5-8-13-26)38(50-49-37)48-39(56)28-19-17-27(18-20-28)34(54)16-9-6-10-23-45-31-15-11-14-29-36(31)42(59)53(41(29)58)33-21-22-35(55)47-40(33)57;/h5,7-8,11-15,17-20,32-33,45H,6,9-10,16,21-25H2,1-4H3,(H,46,60)(H,47,55,57)(H2,48,49,50,56);1H2/t32-,33?;/m1./s1. The van der Waals surface area contributed by atoms with Gasteiger partial charge in [0.25, 0.3) is 17.7 Å².